The molecular formula is C52H30N6S. The minimum absolute atomic E-state index is 0.139. The highest BCUT2D eigenvalue weighted by Gasteiger charge is 2.24. The fourth-order valence-electron chi connectivity index (χ4n) is 8.34. The molecule has 0 aliphatic heterocycles. The summed E-state index contributed by atoms with van der Waals surface area (Å²) in [5.74, 6) is -0.928. The second-order valence-electron chi connectivity index (χ2n) is 14.0. The third kappa shape index (κ3) is 5.07. The number of nitrogens with zero attached hydrogens (tertiary/aromatic N) is 6. The first kappa shape index (κ1) is 24.7. The molecule has 0 saturated carbocycles. The van der Waals surface area contributed by atoms with E-state index >= 15 is 0 Å². The first-order valence-corrected chi connectivity index (χ1v) is 19.5. The van der Waals surface area contributed by atoms with Gasteiger partial charge >= 0.3 is 0 Å². The van der Waals surface area contributed by atoms with Crippen molar-refractivity contribution >= 4 is 75.1 Å². The number of hydrogen-bond acceptors (Lipinski definition) is 5. The lowest BCUT2D eigenvalue weighted by Gasteiger charge is -2.13. The van der Waals surface area contributed by atoms with Crippen molar-refractivity contribution in [3.05, 3.63) is 187 Å². The molecule has 0 fully saturated rings. The Morgan fingerprint density at radius 3 is 1.81 bits per heavy atom. The quantitative estimate of drug-likeness (QED) is 0.174. The Kier molecular flexibility index (Phi) is 5.46. The lowest BCUT2D eigenvalue weighted by Crippen LogP contribution is -2.02. The van der Waals surface area contributed by atoms with Gasteiger partial charge in [0.1, 0.15) is 6.07 Å². The van der Waals surface area contributed by atoms with Gasteiger partial charge in [-0.3, -0.25) is 0 Å². The second-order valence-corrected chi connectivity index (χ2v) is 15.0. The predicted molar refractivity (Wildman–Crippen MR) is 242 cm³/mol. The van der Waals surface area contributed by atoms with E-state index in [9.17, 15) is 5.26 Å². The van der Waals surface area contributed by atoms with Crippen molar-refractivity contribution in [2.75, 3.05) is 0 Å². The predicted octanol–water partition coefficient (Wildman–Crippen LogP) is 13.3. The third-order valence-electron chi connectivity index (χ3n) is 10.8. The van der Waals surface area contributed by atoms with Gasteiger partial charge < -0.3 is 9.13 Å². The minimum Gasteiger partial charge on any atom is -0.308 e. The topological polar surface area (TPSA) is 72.3 Å². The van der Waals surface area contributed by atoms with Gasteiger partial charge in [0.25, 0.3) is 0 Å². The van der Waals surface area contributed by atoms with Crippen molar-refractivity contribution in [1.29, 1.82) is 5.26 Å². The summed E-state index contributed by atoms with van der Waals surface area (Å²) in [4.78, 5) is 13.6. The number of aromatic nitrogens is 5. The van der Waals surface area contributed by atoms with E-state index < -0.39 is 72.1 Å². The molecule has 0 spiro atoms. The Bertz CT molecular complexity index is 4160. The molecule has 0 bridgehead atoms. The van der Waals surface area contributed by atoms with Crippen LogP contribution < -0.4 is 0 Å². The molecule has 12 aromatic rings. The normalized spacial score (nSPS) is 14.1. The summed E-state index contributed by atoms with van der Waals surface area (Å²) < 4.78 is 91.6. The van der Waals surface area contributed by atoms with Crippen LogP contribution in [0.1, 0.15) is 19.3 Å². The van der Waals surface area contributed by atoms with Gasteiger partial charge in [0.15, 0.2) is 17.5 Å². The van der Waals surface area contributed by atoms with Crippen molar-refractivity contribution in [2.45, 2.75) is 0 Å². The molecule has 8 aromatic carbocycles. The van der Waals surface area contributed by atoms with Gasteiger partial charge in [0, 0.05) is 53.7 Å². The summed E-state index contributed by atoms with van der Waals surface area (Å²) >= 11 is 1.76. The van der Waals surface area contributed by atoms with Gasteiger partial charge in [-0.15, -0.1) is 11.3 Å². The van der Waals surface area contributed by atoms with Crippen LogP contribution >= 0.6 is 11.3 Å². The number of hydrogen-bond donors (Lipinski definition) is 0. The van der Waals surface area contributed by atoms with Crippen LogP contribution in [0, 0.1) is 11.3 Å². The van der Waals surface area contributed by atoms with Gasteiger partial charge in [0.2, 0.25) is 0 Å². The fourth-order valence-corrected chi connectivity index (χ4v) is 9.55. The molecule has 6 nitrogen and oxygen atoms in total. The largest absolute Gasteiger partial charge is 0.308 e. The van der Waals surface area contributed by atoms with Crippen LogP contribution in [0.25, 0.3) is 109 Å². The third-order valence-corrected chi connectivity index (χ3v) is 12.0. The van der Waals surface area contributed by atoms with Crippen molar-refractivity contribution < 1.29 is 13.7 Å². The molecule has 0 N–H and O–H groups in total. The Labute approximate surface area is 356 Å². The van der Waals surface area contributed by atoms with E-state index in [1.54, 1.807) is 29.5 Å². The number of benzene rings is 8. The highest BCUT2D eigenvalue weighted by molar-refractivity contribution is 7.26. The summed E-state index contributed by atoms with van der Waals surface area (Å²) in [6, 6.07) is 36.6. The van der Waals surface area contributed by atoms with Crippen molar-refractivity contribution in [3.8, 4) is 51.6 Å². The number of para-hydroxylation sites is 2. The smallest absolute Gasteiger partial charge is 0.164 e. The molecule has 0 unspecified atom stereocenters. The Morgan fingerprint density at radius 1 is 0.492 bits per heavy atom. The Hall–Kier alpha value is -7.92. The molecule has 12 rings (SSSR count). The molecule has 0 amide bonds. The molecule has 4 aromatic heterocycles. The molecule has 0 aliphatic carbocycles. The van der Waals surface area contributed by atoms with E-state index in [-0.39, 0.29) is 28.1 Å². The highest BCUT2D eigenvalue weighted by Crippen LogP contribution is 2.45. The second kappa shape index (κ2) is 13.1. The van der Waals surface area contributed by atoms with Crippen molar-refractivity contribution in [2.24, 2.45) is 0 Å². The van der Waals surface area contributed by atoms with E-state index in [0.717, 1.165) is 54.0 Å². The number of nitriles is 1. The van der Waals surface area contributed by atoms with E-state index in [4.69, 9.17) is 13.7 Å². The van der Waals surface area contributed by atoms with Crippen LogP contribution in [-0.2, 0) is 0 Å². The minimum atomic E-state index is -0.644. The van der Waals surface area contributed by atoms with Gasteiger partial charge in [-0.1, -0.05) is 133 Å². The summed E-state index contributed by atoms with van der Waals surface area (Å²) in [5.41, 5.74) is 4.99. The van der Waals surface area contributed by atoms with Crippen LogP contribution in [0.4, 0.5) is 0 Å². The maximum Gasteiger partial charge on any atom is 0.164 e. The molecule has 7 heteroatoms. The Balaban J connectivity index is 1.12. The molecular weight excluding hydrogens is 741 g/mol. The zero-order chi connectivity index (χ0) is 47.7. The van der Waals surface area contributed by atoms with Crippen LogP contribution in [0.15, 0.2) is 182 Å². The van der Waals surface area contributed by atoms with Crippen molar-refractivity contribution in [1.82, 2.24) is 24.1 Å². The monoisotopic (exact) mass is 780 g/mol. The van der Waals surface area contributed by atoms with Crippen LogP contribution in [-0.4, -0.2) is 24.1 Å². The molecule has 0 atom stereocenters. The summed E-state index contributed by atoms with van der Waals surface area (Å²) in [6.07, 6.45) is 0. The average molecular weight is 781 g/mol. The Morgan fingerprint density at radius 2 is 1.10 bits per heavy atom. The van der Waals surface area contributed by atoms with Crippen LogP contribution in [0.2, 0.25) is 0 Å². The van der Waals surface area contributed by atoms with Crippen LogP contribution in [0.3, 0.4) is 0 Å². The van der Waals surface area contributed by atoms with Gasteiger partial charge in [-0.05, 0) is 48.5 Å². The van der Waals surface area contributed by atoms with Gasteiger partial charge in [0.05, 0.1) is 57.4 Å². The standard InChI is InChI=1S/C52H30N6S/c53-31-35-30-34(52-55-50(32-14-3-1-4-15-32)54-51(56-52)33-16-5-2-6-17-33)26-28-41(35)58-42-22-10-7-18-36(42)38-27-29-44-47(48(38)58)40-20-8-11-23-43(40)57(44)45-24-13-21-39-37-19-9-12-25-46(37)59-49(39)45/h1-30H/i1D,2D,3D,4D,5D,6D,14D,15D,16D,17D. The first-order valence-electron chi connectivity index (χ1n) is 23.7. The number of rotatable bonds is 5. The molecule has 4 heterocycles. The van der Waals surface area contributed by atoms with E-state index in [2.05, 4.69) is 103 Å². The lowest BCUT2D eigenvalue weighted by atomic mass is 10.1. The molecule has 0 radical (unpaired) electrons. The van der Waals surface area contributed by atoms with Gasteiger partial charge in [-0.2, -0.15) is 5.26 Å². The molecule has 274 valence electrons. The van der Waals surface area contributed by atoms with Crippen molar-refractivity contribution in [3.63, 3.8) is 0 Å². The highest BCUT2D eigenvalue weighted by atomic mass is 32.1. The SMILES string of the molecule is [2H]c1c([2H])c([2H])c(-c2nc(-c3ccc(-n4c5ccccc5c5ccc6c(c7ccccc7n6-c6cccc7c6sc6ccccc67)c54)c(C#N)c3)nc(-c3c([2H])c([2H])c([2H])c([2H])c3[2H])n2)c([2H])c1[2H]. The average Bonchev–Trinajstić information content (AvgIpc) is 4.04. The zero-order valence-electron chi connectivity index (χ0n) is 40.6. The van der Waals surface area contributed by atoms with Crippen LogP contribution in [0.5, 0.6) is 0 Å². The summed E-state index contributed by atoms with van der Waals surface area (Å²) in [5, 5.41) is 17.4. The summed E-state index contributed by atoms with van der Waals surface area (Å²) in [7, 11) is 0. The molecule has 0 aliphatic rings. The van der Waals surface area contributed by atoms with E-state index in [0.29, 0.717) is 5.69 Å². The molecule has 0 saturated heterocycles. The van der Waals surface area contributed by atoms with E-state index in [1.165, 1.54) is 15.5 Å². The first-order chi connectivity index (χ1) is 33.4. The van der Waals surface area contributed by atoms with E-state index in [1.807, 2.05) is 30.3 Å². The summed E-state index contributed by atoms with van der Waals surface area (Å²) in [6.45, 7) is 0. The molecule has 59 heavy (non-hydrogen) atoms. The van der Waals surface area contributed by atoms with Gasteiger partial charge in [-0.25, -0.2) is 15.0 Å². The number of thiophene rings is 1. The fraction of sp³-hybridized carbons (Fsp3) is 0. The number of fused-ring (bicyclic) bond motifs is 10. The lowest BCUT2D eigenvalue weighted by molar-refractivity contribution is 1.07. The maximum atomic E-state index is 11.1. The zero-order valence-corrected chi connectivity index (χ0v) is 31.5. The maximum absolute atomic E-state index is 11.1.